The molecule has 0 aromatic rings. The monoisotopic (exact) mass is 570 g/mol. The maximum Gasteiger partial charge on any atom is 0.249 e. The first-order valence-electron chi connectivity index (χ1n) is 17.1. The van der Waals surface area contributed by atoms with Crippen molar-refractivity contribution in [2.24, 2.45) is 0 Å². The number of hydrogen-bond donors (Lipinski definition) is 5. The minimum absolute atomic E-state index is 0.367. The third-order valence-electron chi connectivity index (χ3n) is 7.96. The first kappa shape index (κ1) is 39.0. The van der Waals surface area contributed by atoms with Gasteiger partial charge in [-0.1, -0.05) is 148 Å². The van der Waals surface area contributed by atoms with Gasteiger partial charge in [-0.3, -0.25) is 4.79 Å². The summed E-state index contributed by atoms with van der Waals surface area (Å²) >= 11 is 0. The lowest BCUT2D eigenvalue weighted by molar-refractivity contribution is -0.132. The molecule has 0 saturated heterocycles. The molecule has 5 N–H and O–H groups in total. The number of rotatable bonds is 30. The molecule has 0 saturated carbocycles. The van der Waals surface area contributed by atoms with Gasteiger partial charge in [-0.05, 0) is 32.1 Å². The van der Waals surface area contributed by atoms with Gasteiger partial charge in [-0.25, -0.2) is 0 Å². The molecule has 0 spiro atoms. The molecule has 0 heterocycles. The maximum absolute atomic E-state index is 12.3. The lowest BCUT2D eigenvalue weighted by Gasteiger charge is -2.27. The van der Waals surface area contributed by atoms with Gasteiger partial charge in [-0.15, -0.1) is 0 Å². The summed E-state index contributed by atoms with van der Waals surface area (Å²) in [6.45, 7) is 3.90. The summed E-state index contributed by atoms with van der Waals surface area (Å²) in [7, 11) is 0. The van der Waals surface area contributed by atoms with Gasteiger partial charge in [0.25, 0.3) is 0 Å². The van der Waals surface area contributed by atoms with Gasteiger partial charge in [-0.2, -0.15) is 0 Å². The van der Waals surface area contributed by atoms with Gasteiger partial charge in [0.05, 0.1) is 18.8 Å². The zero-order valence-electron chi connectivity index (χ0n) is 26.3. The molecule has 40 heavy (non-hydrogen) atoms. The van der Waals surface area contributed by atoms with E-state index < -0.39 is 36.9 Å². The smallest absolute Gasteiger partial charge is 0.249 e. The van der Waals surface area contributed by atoms with Crippen molar-refractivity contribution in [3.8, 4) is 0 Å². The lowest BCUT2D eigenvalue weighted by Crippen LogP contribution is -2.53. The van der Waals surface area contributed by atoms with E-state index in [9.17, 15) is 25.2 Å². The van der Waals surface area contributed by atoms with E-state index in [1.165, 1.54) is 96.3 Å². The van der Waals surface area contributed by atoms with Crippen LogP contribution in [0.4, 0.5) is 0 Å². The van der Waals surface area contributed by atoms with E-state index in [2.05, 4.69) is 31.3 Å². The lowest BCUT2D eigenvalue weighted by atomic mass is 10.00. The number of carbonyl (C=O) groups is 1. The second-order valence-corrected chi connectivity index (χ2v) is 11.9. The Hall–Kier alpha value is -0.950. The van der Waals surface area contributed by atoms with Gasteiger partial charge < -0.3 is 25.7 Å². The first-order chi connectivity index (χ1) is 19.5. The fraction of sp³-hybridized carbons (Fsp3) is 0.912. The van der Waals surface area contributed by atoms with Gasteiger partial charge in [0.15, 0.2) is 0 Å². The predicted octanol–water partition coefficient (Wildman–Crippen LogP) is 7.50. The van der Waals surface area contributed by atoms with Gasteiger partial charge in [0.1, 0.15) is 12.2 Å². The number of unbranched alkanes of at least 4 members (excludes halogenated alkanes) is 19. The van der Waals surface area contributed by atoms with Crippen LogP contribution in [0.3, 0.4) is 0 Å². The van der Waals surface area contributed by atoms with E-state index in [1.807, 2.05) is 0 Å². The highest BCUT2D eigenvalue weighted by Gasteiger charge is 2.28. The number of allylic oxidation sites excluding steroid dienone is 2. The van der Waals surface area contributed by atoms with Crippen LogP contribution in [0.25, 0.3) is 0 Å². The summed E-state index contributed by atoms with van der Waals surface area (Å²) in [5, 5.41) is 42.9. The average molecular weight is 570 g/mol. The zero-order chi connectivity index (χ0) is 29.7. The topological polar surface area (TPSA) is 110 Å². The molecule has 0 rings (SSSR count). The van der Waals surface area contributed by atoms with Crippen molar-refractivity contribution in [2.75, 3.05) is 6.61 Å². The summed E-state index contributed by atoms with van der Waals surface area (Å²) in [4.78, 5) is 12.3. The highest BCUT2D eigenvalue weighted by Crippen LogP contribution is 2.15. The van der Waals surface area contributed by atoms with Crippen molar-refractivity contribution < 1.29 is 25.2 Å². The van der Waals surface area contributed by atoms with Gasteiger partial charge >= 0.3 is 0 Å². The number of carbonyl (C=O) groups excluding carboxylic acids is 1. The molecule has 4 unspecified atom stereocenters. The SMILES string of the molecule is CCC/C=C/CCCC(O)C(O)C(CO)NC(=O)C(O)CCCCCCCCCCCCCCCCCCCC. The van der Waals surface area contributed by atoms with Crippen LogP contribution in [-0.2, 0) is 4.79 Å². The standard InChI is InChI=1S/C34H67NO5/c1-3-5-7-9-11-12-13-14-15-16-17-18-19-20-21-22-24-26-28-32(38)34(40)35-30(29-36)33(39)31(37)27-25-23-10-8-6-4-2/h8,10,30-33,36-39H,3-7,9,11-29H2,1-2H3,(H,35,40)/b10-8+. The Balaban J connectivity index is 3.72. The Bertz CT molecular complexity index is 571. The summed E-state index contributed by atoms with van der Waals surface area (Å²) < 4.78 is 0. The second-order valence-electron chi connectivity index (χ2n) is 11.9. The van der Waals surface area contributed by atoms with Crippen LogP contribution in [0, 0.1) is 0 Å². The molecule has 1 amide bonds. The van der Waals surface area contributed by atoms with Crippen LogP contribution in [0.15, 0.2) is 12.2 Å². The quantitative estimate of drug-likeness (QED) is 0.0454. The first-order valence-corrected chi connectivity index (χ1v) is 17.1. The molecule has 238 valence electrons. The minimum atomic E-state index is -1.27. The molecule has 0 aromatic carbocycles. The van der Waals surface area contributed by atoms with Crippen molar-refractivity contribution in [3.63, 3.8) is 0 Å². The number of hydrogen-bond acceptors (Lipinski definition) is 5. The Kier molecular flexibility index (Phi) is 28.8. The largest absolute Gasteiger partial charge is 0.394 e. The van der Waals surface area contributed by atoms with Crippen molar-refractivity contribution in [2.45, 2.75) is 192 Å². The summed E-state index contributed by atoms with van der Waals surface area (Å²) in [5.41, 5.74) is 0. The van der Waals surface area contributed by atoms with Crippen LogP contribution >= 0.6 is 0 Å². The molecular weight excluding hydrogens is 502 g/mol. The molecular formula is C34H67NO5. The molecule has 0 fully saturated rings. The van der Waals surface area contributed by atoms with E-state index in [0.29, 0.717) is 19.3 Å². The molecule has 0 radical (unpaired) electrons. The van der Waals surface area contributed by atoms with Crippen molar-refractivity contribution in [1.82, 2.24) is 5.32 Å². The Morgan fingerprint density at radius 1 is 0.600 bits per heavy atom. The van der Waals surface area contributed by atoms with Crippen LogP contribution in [0.1, 0.15) is 168 Å². The molecule has 0 aromatic heterocycles. The average Bonchev–Trinajstić information content (AvgIpc) is 2.96. The molecule has 6 nitrogen and oxygen atoms in total. The molecule has 6 heteroatoms. The van der Waals surface area contributed by atoms with Gasteiger partial charge in [0, 0.05) is 0 Å². The fourth-order valence-electron chi connectivity index (χ4n) is 5.17. The number of aliphatic hydroxyl groups excluding tert-OH is 4. The van der Waals surface area contributed by atoms with Crippen molar-refractivity contribution >= 4 is 5.91 Å². The highest BCUT2D eigenvalue weighted by molar-refractivity contribution is 5.80. The Labute approximate surface area is 247 Å². The van der Waals surface area contributed by atoms with Crippen LogP contribution in [0.5, 0.6) is 0 Å². The third-order valence-corrected chi connectivity index (χ3v) is 7.96. The highest BCUT2D eigenvalue weighted by atomic mass is 16.3. The zero-order valence-corrected chi connectivity index (χ0v) is 26.3. The second kappa shape index (κ2) is 29.5. The summed E-state index contributed by atoms with van der Waals surface area (Å²) in [6, 6.07) is -0.992. The van der Waals surface area contributed by atoms with Crippen LogP contribution in [-0.4, -0.2) is 57.3 Å². The van der Waals surface area contributed by atoms with E-state index in [1.54, 1.807) is 0 Å². The molecule has 0 aliphatic rings. The third kappa shape index (κ3) is 23.7. The number of nitrogens with one attached hydrogen (secondary N) is 1. The molecule has 0 aliphatic heterocycles. The summed E-state index contributed by atoms with van der Waals surface area (Å²) in [6.07, 6.45) is 28.4. The van der Waals surface area contributed by atoms with Crippen LogP contribution in [0.2, 0.25) is 0 Å². The molecule has 0 bridgehead atoms. The van der Waals surface area contributed by atoms with E-state index >= 15 is 0 Å². The van der Waals surface area contributed by atoms with E-state index in [0.717, 1.165) is 38.5 Å². The van der Waals surface area contributed by atoms with Crippen molar-refractivity contribution in [1.29, 1.82) is 0 Å². The Morgan fingerprint density at radius 3 is 1.50 bits per heavy atom. The van der Waals surface area contributed by atoms with Crippen molar-refractivity contribution in [3.05, 3.63) is 12.2 Å². The number of amides is 1. The molecule has 0 aliphatic carbocycles. The normalized spacial score (nSPS) is 14.8. The van der Waals surface area contributed by atoms with E-state index in [-0.39, 0.29) is 0 Å². The molecule has 4 atom stereocenters. The maximum atomic E-state index is 12.3. The minimum Gasteiger partial charge on any atom is -0.394 e. The Morgan fingerprint density at radius 2 is 1.05 bits per heavy atom. The number of aliphatic hydroxyl groups is 4. The van der Waals surface area contributed by atoms with Crippen LogP contribution < -0.4 is 5.32 Å². The predicted molar refractivity (Wildman–Crippen MR) is 168 cm³/mol. The van der Waals surface area contributed by atoms with E-state index in [4.69, 9.17) is 0 Å². The fourth-order valence-corrected chi connectivity index (χ4v) is 5.17. The summed E-state index contributed by atoms with van der Waals surface area (Å²) in [5.74, 6) is -0.597. The van der Waals surface area contributed by atoms with Gasteiger partial charge in [0.2, 0.25) is 5.91 Å².